The standard InChI is InChI=1S/C19H28N6O4S/c1-30(28)19-20-10-12-16(22-19)25-14-7-6-13-17(21-14)23(15(26)11-29-13)8-4-2-3-5-9-24(25)18(12)27/h12-14,16-17,19-22H,2,4,6-11H2,1H3. The first kappa shape index (κ1) is 20.4. The second kappa shape index (κ2) is 8.18. The zero-order valence-electron chi connectivity index (χ0n) is 17.0. The molecule has 7 unspecified atom stereocenters. The summed E-state index contributed by atoms with van der Waals surface area (Å²) in [5, 5.41) is 13.9. The van der Waals surface area contributed by atoms with Crippen molar-refractivity contribution < 1.29 is 18.5 Å². The second-order valence-corrected chi connectivity index (χ2v) is 9.85. The van der Waals surface area contributed by atoms with Gasteiger partial charge in [0.1, 0.15) is 18.3 Å². The lowest BCUT2D eigenvalue weighted by Gasteiger charge is -2.50. The topological polar surface area (TPSA) is 106 Å². The molecule has 30 heavy (non-hydrogen) atoms. The maximum atomic E-state index is 13.2. The van der Waals surface area contributed by atoms with E-state index in [9.17, 15) is 13.8 Å². The van der Waals surface area contributed by atoms with Crippen LogP contribution in [0.25, 0.3) is 0 Å². The van der Waals surface area contributed by atoms with E-state index in [1.165, 1.54) is 0 Å². The highest BCUT2D eigenvalue weighted by atomic mass is 32.2. The smallest absolute Gasteiger partial charge is 0.249 e. The van der Waals surface area contributed by atoms with E-state index in [-0.39, 0.29) is 54.4 Å². The lowest BCUT2D eigenvalue weighted by Crippen LogP contribution is -2.71. The largest absolute Gasteiger partial charge is 0.365 e. The number of amides is 2. The summed E-state index contributed by atoms with van der Waals surface area (Å²) in [5.41, 5.74) is -0.376. The lowest BCUT2D eigenvalue weighted by atomic mass is 9.99. The van der Waals surface area contributed by atoms with Crippen LogP contribution in [0.4, 0.5) is 0 Å². The van der Waals surface area contributed by atoms with Crippen LogP contribution in [0.1, 0.15) is 25.7 Å². The number of ether oxygens (including phenoxy) is 1. The molecule has 0 saturated carbocycles. The number of nitrogens with one attached hydrogen (secondary N) is 3. The molecule has 0 spiro atoms. The average Bonchev–Trinajstić information content (AvgIpc) is 3.01. The van der Waals surface area contributed by atoms with Crippen LogP contribution in [-0.2, 0) is 25.1 Å². The fourth-order valence-corrected chi connectivity index (χ4v) is 5.79. The van der Waals surface area contributed by atoms with Gasteiger partial charge in [0, 0.05) is 25.8 Å². The van der Waals surface area contributed by atoms with Gasteiger partial charge in [-0.05, 0) is 19.3 Å². The highest BCUT2D eigenvalue weighted by molar-refractivity contribution is 7.84. The molecule has 5 rings (SSSR count). The minimum absolute atomic E-state index is 0.0110. The van der Waals surface area contributed by atoms with E-state index >= 15 is 0 Å². The van der Waals surface area contributed by atoms with E-state index in [0.29, 0.717) is 26.1 Å². The van der Waals surface area contributed by atoms with Gasteiger partial charge in [0.05, 0.1) is 41.7 Å². The minimum atomic E-state index is -1.12. The Hall–Kier alpha value is -1.55. The van der Waals surface area contributed by atoms with Gasteiger partial charge < -0.3 is 9.64 Å². The summed E-state index contributed by atoms with van der Waals surface area (Å²) in [6, 6.07) is 0. The van der Waals surface area contributed by atoms with Crippen molar-refractivity contribution in [1.29, 1.82) is 0 Å². The van der Waals surface area contributed by atoms with Gasteiger partial charge in [-0.15, -0.1) is 5.92 Å². The Balaban J connectivity index is 1.48. The molecule has 5 aliphatic rings. The van der Waals surface area contributed by atoms with Crippen LogP contribution in [0.5, 0.6) is 0 Å². The first-order valence-corrected chi connectivity index (χ1v) is 12.2. The first-order valence-electron chi connectivity index (χ1n) is 10.6. The summed E-state index contributed by atoms with van der Waals surface area (Å²) in [6.45, 7) is 1.56. The Morgan fingerprint density at radius 2 is 2.03 bits per heavy atom. The third-order valence-electron chi connectivity index (χ3n) is 6.58. The van der Waals surface area contributed by atoms with Crippen molar-refractivity contribution in [1.82, 2.24) is 30.9 Å². The predicted molar refractivity (Wildman–Crippen MR) is 108 cm³/mol. The molecule has 2 bridgehead atoms. The molecule has 0 radical (unpaired) electrons. The summed E-state index contributed by atoms with van der Waals surface area (Å²) in [6.07, 6.45) is 4.00. The Bertz CT molecular complexity index is 815. The second-order valence-electron chi connectivity index (χ2n) is 8.38. The number of morpholine rings is 1. The Labute approximate surface area is 178 Å². The zero-order chi connectivity index (χ0) is 20.8. The van der Waals surface area contributed by atoms with Crippen molar-refractivity contribution in [3.05, 3.63) is 0 Å². The minimum Gasteiger partial charge on any atom is -0.365 e. The number of hydrazine groups is 1. The number of carbonyl (C=O) groups is 2. The molecule has 0 aromatic heterocycles. The van der Waals surface area contributed by atoms with Crippen molar-refractivity contribution in [3.63, 3.8) is 0 Å². The van der Waals surface area contributed by atoms with Gasteiger partial charge in [-0.3, -0.25) is 34.8 Å². The molecule has 2 amide bonds. The molecule has 4 fully saturated rings. The van der Waals surface area contributed by atoms with Gasteiger partial charge in [0.25, 0.3) is 0 Å². The highest BCUT2D eigenvalue weighted by Gasteiger charge is 2.54. The highest BCUT2D eigenvalue weighted by Crippen LogP contribution is 2.33. The fourth-order valence-electron chi connectivity index (χ4n) is 5.13. The van der Waals surface area contributed by atoms with Crippen molar-refractivity contribution >= 4 is 22.6 Å². The normalized spacial score (nSPS) is 40.4. The number of nitrogens with zero attached hydrogens (tertiary/aromatic N) is 3. The summed E-state index contributed by atoms with van der Waals surface area (Å²) in [7, 11) is -1.12. The van der Waals surface area contributed by atoms with Crippen LogP contribution in [-0.4, -0.2) is 93.5 Å². The Kier molecular flexibility index (Phi) is 5.55. The number of carbonyl (C=O) groups excluding carboxylic acids is 2. The molecule has 7 atom stereocenters. The van der Waals surface area contributed by atoms with Gasteiger partial charge >= 0.3 is 0 Å². The van der Waals surface area contributed by atoms with E-state index in [1.807, 2.05) is 9.91 Å². The van der Waals surface area contributed by atoms with Crippen molar-refractivity contribution in [2.24, 2.45) is 5.92 Å². The van der Waals surface area contributed by atoms with Crippen LogP contribution in [0.15, 0.2) is 0 Å². The number of fused-ring (bicyclic) bond motifs is 5. The molecule has 10 nitrogen and oxygen atoms in total. The van der Waals surface area contributed by atoms with Crippen LogP contribution < -0.4 is 16.0 Å². The van der Waals surface area contributed by atoms with Crippen LogP contribution in [0.3, 0.4) is 0 Å². The molecule has 164 valence electrons. The molecule has 5 aliphatic heterocycles. The van der Waals surface area contributed by atoms with Crippen molar-refractivity contribution in [2.45, 2.75) is 55.8 Å². The molecule has 3 N–H and O–H groups in total. The fraction of sp³-hybridized carbons (Fsp3) is 0.789. The average molecular weight is 437 g/mol. The molecular weight excluding hydrogens is 408 g/mol. The third kappa shape index (κ3) is 3.45. The molecule has 4 saturated heterocycles. The maximum absolute atomic E-state index is 13.2. The van der Waals surface area contributed by atoms with Crippen LogP contribution in [0.2, 0.25) is 0 Å². The monoisotopic (exact) mass is 436 g/mol. The molecular formula is C19H28N6O4S. The Morgan fingerprint density at radius 1 is 1.17 bits per heavy atom. The molecule has 0 aromatic rings. The first-order chi connectivity index (χ1) is 14.5. The SMILES string of the molecule is CS(=O)C1NCC2C(=O)N3CC#CCCCN4C(=O)COC5CCC(NC54)N3C2N1. The zero-order valence-corrected chi connectivity index (χ0v) is 17.8. The molecule has 11 heteroatoms. The van der Waals surface area contributed by atoms with E-state index in [4.69, 9.17) is 4.74 Å². The summed E-state index contributed by atoms with van der Waals surface area (Å²) in [4.78, 5) is 27.6. The van der Waals surface area contributed by atoms with Gasteiger partial charge in [-0.2, -0.15) is 5.01 Å². The summed E-state index contributed by atoms with van der Waals surface area (Å²) >= 11 is 0. The quantitative estimate of drug-likeness (QED) is 0.402. The molecule has 0 aromatic carbocycles. The van der Waals surface area contributed by atoms with E-state index < -0.39 is 10.8 Å². The van der Waals surface area contributed by atoms with Crippen LogP contribution in [0, 0.1) is 17.8 Å². The molecule has 5 heterocycles. The summed E-state index contributed by atoms with van der Waals surface area (Å²) in [5.74, 6) is 6.02. The summed E-state index contributed by atoms with van der Waals surface area (Å²) < 4.78 is 17.9. The maximum Gasteiger partial charge on any atom is 0.249 e. The van der Waals surface area contributed by atoms with Gasteiger partial charge in [0.15, 0.2) is 0 Å². The third-order valence-corrected chi connectivity index (χ3v) is 7.55. The number of hydrogen-bond donors (Lipinski definition) is 3. The lowest BCUT2D eigenvalue weighted by molar-refractivity contribution is -0.176. The molecule has 0 aliphatic carbocycles. The van der Waals surface area contributed by atoms with Crippen molar-refractivity contribution in [2.75, 3.05) is 32.5 Å². The van der Waals surface area contributed by atoms with E-state index in [1.54, 1.807) is 11.3 Å². The number of hydrogen-bond acceptors (Lipinski definition) is 8. The van der Waals surface area contributed by atoms with E-state index in [0.717, 1.165) is 19.3 Å². The van der Waals surface area contributed by atoms with Gasteiger partial charge in [0.2, 0.25) is 11.8 Å². The van der Waals surface area contributed by atoms with Gasteiger partial charge in [-0.1, -0.05) is 5.92 Å². The predicted octanol–water partition coefficient (Wildman–Crippen LogP) is -2.10. The van der Waals surface area contributed by atoms with Crippen molar-refractivity contribution in [3.8, 4) is 11.8 Å². The Morgan fingerprint density at radius 3 is 2.87 bits per heavy atom. The number of piperidine rings is 1. The van der Waals surface area contributed by atoms with Crippen LogP contribution >= 0.6 is 0 Å². The van der Waals surface area contributed by atoms with Gasteiger partial charge in [-0.25, -0.2) is 0 Å². The number of rotatable bonds is 1. The van der Waals surface area contributed by atoms with E-state index in [2.05, 4.69) is 27.8 Å².